The number of thiophene rings is 1. The molecule has 88 valence electrons. The van der Waals surface area contributed by atoms with Crippen LogP contribution in [-0.2, 0) is 6.18 Å². The first-order valence-corrected chi connectivity index (χ1v) is 5.61. The highest BCUT2D eigenvalue weighted by molar-refractivity contribution is 7.12. The molecule has 0 saturated heterocycles. The van der Waals surface area contributed by atoms with Crippen molar-refractivity contribution < 1.29 is 18.0 Å². The first-order chi connectivity index (χ1) is 8.04. The molecule has 0 N–H and O–H groups in total. The Morgan fingerprint density at radius 1 is 1.06 bits per heavy atom. The topological polar surface area (TPSA) is 17.1 Å². The van der Waals surface area contributed by atoms with E-state index in [4.69, 9.17) is 0 Å². The Morgan fingerprint density at radius 2 is 1.76 bits per heavy atom. The molecule has 0 bridgehead atoms. The third-order valence-corrected chi connectivity index (χ3v) is 3.17. The highest BCUT2D eigenvalue weighted by Crippen LogP contribution is 2.38. The second-order valence-electron chi connectivity index (χ2n) is 3.36. The van der Waals surface area contributed by atoms with Gasteiger partial charge in [-0.3, -0.25) is 4.79 Å². The number of alkyl halides is 3. The molecule has 1 nitrogen and oxygen atoms in total. The molecule has 0 amide bonds. The predicted octanol–water partition coefficient (Wildman–Crippen LogP) is 4.25. The van der Waals surface area contributed by atoms with E-state index in [9.17, 15) is 18.0 Å². The molecular formula is C12H7F3OS. The van der Waals surface area contributed by atoms with E-state index in [2.05, 4.69) is 0 Å². The van der Waals surface area contributed by atoms with Gasteiger partial charge in [0.2, 0.25) is 0 Å². The summed E-state index contributed by atoms with van der Waals surface area (Å²) >= 11 is 1.13. The van der Waals surface area contributed by atoms with Crippen LogP contribution in [-0.4, -0.2) is 6.29 Å². The van der Waals surface area contributed by atoms with Crippen LogP contribution in [0.25, 0.3) is 11.1 Å². The van der Waals surface area contributed by atoms with Crippen LogP contribution in [0.5, 0.6) is 0 Å². The monoisotopic (exact) mass is 256 g/mol. The van der Waals surface area contributed by atoms with Crippen molar-refractivity contribution in [3.05, 3.63) is 46.2 Å². The van der Waals surface area contributed by atoms with Gasteiger partial charge in [0.15, 0.2) is 6.29 Å². The molecule has 5 heteroatoms. The van der Waals surface area contributed by atoms with Crippen LogP contribution in [0.3, 0.4) is 0 Å². The van der Waals surface area contributed by atoms with Crippen molar-refractivity contribution in [2.45, 2.75) is 6.18 Å². The van der Waals surface area contributed by atoms with Crippen molar-refractivity contribution in [3.8, 4) is 11.1 Å². The fourth-order valence-corrected chi connectivity index (χ4v) is 2.31. The third-order valence-electron chi connectivity index (χ3n) is 2.32. The minimum atomic E-state index is -4.42. The maximum absolute atomic E-state index is 12.8. The molecule has 0 saturated carbocycles. The maximum Gasteiger partial charge on any atom is 0.417 e. The molecule has 1 aromatic carbocycles. The molecule has 2 rings (SSSR count). The van der Waals surface area contributed by atoms with Crippen molar-refractivity contribution in [3.63, 3.8) is 0 Å². The average molecular weight is 256 g/mol. The van der Waals surface area contributed by atoms with Gasteiger partial charge in [0.05, 0.1) is 10.4 Å². The molecule has 0 unspecified atom stereocenters. The number of rotatable bonds is 2. The van der Waals surface area contributed by atoms with Gasteiger partial charge >= 0.3 is 6.18 Å². The largest absolute Gasteiger partial charge is 0.417 e. The van der Waals surface area contributed by atoms with E-state index in [1.807, 2.05) is 0 Å². The van der Waals surface area contributed by atoms with Gasteiger partial charge in [0.25, 0.3) is 0 Å². The lowest BCUT2D eigenvalue weighted by Gasteiger charge is -2.11. The molecular weight excluding hydrogens is 249 g/mol. The fourth-order valence-electron chi connectivity index (χ4n) is 1.60. The Bertz CT molecular complexity index is 543. The van der Waals surface area contributed by atoms with Gasteiger partial charge in [0.1, 0.15) is 0 Å². The summed E-state index contributed by atoms with van der Waals surface area (Å²) in [6.07, 6.45) is -3.84. The third kappa shape index (κ3) is 2.24. The summed E-state index contributed by atoms with van der Waals surface area (Å²) in [4.78, 5) is 11.1. The van der Waals surface area contributed by atoms with Crippen LogP contribution in [0, 0.1) is 0 Å². The number of benzene rings is 1. The zero-order valence-electron chi connectivity index (χ0n) is 8.49. The number of hydrogen-bond donors (Lipinski definition) is 0. The highest BCUT2D eigenvalue weighted by Gasteiger charge is 2.33. The quantitative estimate of drug-likeness (QED) is 0.734. The number of carbonyl (C=O) groups excluding carboxylic acids is 1. The summed E-state index contributed by atoms with van der Waals surface area (Å²) < 4.78 is 38.4. The molecule has 17 heavy (non-hydrogen) atoms. The molecule has 0 aliphatic rings. The lowest BCUT2D eigenvalue weighted by Crippen LogP contribution is -2.06. The van der Waals surface area contributed by atoms with Gasteiger partial charge in [-0.1, -0.05) is 18.2 Å². The zero-order valence-corrected chi connectivity index (χ0v) is 9.31. The number of aldehydes is 1. The van der Waals surface area contributed by atoms with Gasteiger partial charge < -0.3 is 0 Å². The fraction of sp³-hybridized carbons (Fsp3) is 0.0833. The molecule has 1 aromatic heterocycles. The molecule has 0 radical (unpaired) electrons. The molecule has 0 spiro atoms. The van der Waals surface area contributed by atoms with E-state index in [0.717, 1.165) is 17.4 Å². The molecule has 0 aliphatic carbocycles. The average Bonchev–Trinajstić information content (AvgIpc) is 2.75. The van der Waals surface area contributed by atoms with Crippen LogP contribution < -0.4 is 0 Å². The van der Waals surface area contributed by atoms with Gasteiger partial charge in [-0.05, 0) is 23.1 Å². The van der Waals surface area contributed by atoms with Crippen LogP contribution in [0.2, 0.25) is 0 Å². The smallest absolute Gasteiger partial charge is 0.297 e. The lowest BCUT2D eigenvalue weighted by atomic mass is 10.0. The van der Waals surface area contributed by atoms with Crippen LogP contribution in [0.1, 0.15) is 15.2 Å². The Balaban J connectivity index is 2.64. The molecule has 0 fully saturated rings. The number of hydrogen-bond acceptors (Lipinski definition) is 2. The SMILES string of the molecule is O=Cc1sccc1-c1ccccc1C(F)(F)F. The Morgan fingerprint density at radius 3 is 2.41 bits per heavy atom. The summed E-state index contributed by atoms with van der Waals surface area (Å²) in [5, 5.41) is 1.60. The van der Waals surface area contributed by atoms with E-state index < -0.39 is 11.7 Å². The summed E-state index contributed by atoms with van der Waals surface area (Å²) in [6, 6.07) is 6.77. The van der Waals surface area contributed by atoms with Crippen LogP contribution in [0.15, 0.2) is 35.7 Å². The summed E-state index contributed by atoms with van der Waals surface area (Å²) in [5.74, 6) is 0. The van der Waals surface area contributed by atoms with Gasteiger partial charge in [-0.25, -0.2) is 0 Å². The minimum Gasteiger partial charge on any atom is -0.297 e. The Hall–Kier alpha value is -1.62. The second-order valence-corrected chi connectivity index (χ2v) is 4.31. The van der Waals surface area contributed by atoms with Gasteiger partial charge in [0, 0.05) is 5.56 Å². The lowest BCUT2D eigenvalue weighted by molar-refractivity contribution is -0.137. The summed E-state index contributed by atoms with van der Waals surface area (Å²) in [6.45, 7) is 0. The maximum atomic E-state index is 12.8. The first-order valence-electron chi connectivity index (χ1n) is 4.73. The zero-order chi connectivity index (χ0) is 12.5. The summed E-state index contributed by atoms with van der Waals surface area (Å²) in [5.41, 5.74) is -0.345. The Kier molecular flexibility index (Phi) is 3.02. The Labute approximate surface area is 99.5 Å². The first kappa shape index (κ1) is 11.9. The molecule has 2 aromatic rings. The van der Waals surface area contributed by atoms with E-state index in [1.54, 1.807) is 5.38 Å². The van der Waals surface area contributed by atoms with Gasteiger partial charge in [-0.2, -0.15) is 13.2 Å². The molecule has 0 aliphatic heterocycles. The number of carbonyl (C=O) groups is 1. The van der Waals surface area contributed by atoms with Crippen molar-refractivity contribution in [2.24, 2.45) is 0 Å². The standard InChI is InChI=1S/C12H7F3OS/c13-12(14,15)10-4-2-1-3-8(10)9-5-6-17-11(9)7-16/h1-7H. The van der Waals surface area contributed by atoms with E-state index in [-0.39, 0.29) is 5.56 Å². The van der Waals surface area contributed by atoms with E-state index >= 15 is 0 Å². The van der Waals surface area contributed by atoms with Crippen molar-refractivity contribution in [1.82, 2.24) is 0 Å². The second kappa shape index (κ2) is 4.33. The molecule has 0 atom stereocenters. The van der Waals surface area contributed by atoms with Crippen molar-refractivity contribution in [1.29, 1.82) is 0 Å². The van der Waals surface area contributed by atoms with Crippen LogP contribution in [0.4, 0.5) is 13.2 Å². The van der Waals surface area contributed by atoms with E-state index in [0.29, 0.717) is 16.7 Å². The van der Waals surface area contributed by atoms with Crippen LogP contribution >= 0.6 is 11.3 Å². The number of halogens is 3. The van der Waals surface area contributed by atoms with E-state index in [1.165, 1.54) is 24.3 Å². The van der Waals surface area contributed by atoms with Gasteiger partial charge in [-0.15, -0.1) is 11.3 Å². The van der Waals surface area contributed by atoms with Crippen molar-refractivity contribution in [2.75, 3.05) is 0 Å². The predicted molar refractivity (Wildman–Crippen MR) is 60.1 cm³/mol. The minimum absolute atomic E-state index is 0.0448. The molecule has 1 heterocycles. The highest BCUT2D eigenvalue weighted by atomic mass is 32.1. The van der Waals surface area contributed by atoms with Crippen molar-refractivity contribution >= 4 is 17.6 Å². The summed E-state index contributed by atoms with van der Waals surface area (Å²) in [7, 11) is 0. The normalized spacial score (nSPS) is 11.5.